The molecule has 2 aromatic rings. The van der Waals surface area contributed by atoms with Gasteiger partial charge in [-0.3, -0.25) is 0 Å². The molecule has 1 aliphatic rings. The quantitative estimate of drug-likeness (QED) is 0.187. The van der Waals surface area contributed by atoms with E-state index >= 15 is 0 Å². The molecule has 1 aliphatic heterocycles. The van der Waals surface area contributed by atoms with E-state index in [2.05, 4.69) is 36.7 Å². The molecule has 0 fully saturated rings. The lowest BCUT2D eigenvalue weighted by Gasteiger charge is -2.37. The highest BCUT2D eigenvalue weighted by Crippen LogP contribution is 2.74. The fraction of sp³-hybridized carbons (Fsp3) is 0.714. The Hall–Kier alpha value is -0.250. The molecule has 0 aromatic carbocycles. The van der Waals surface area contributed by atoms with E-state index in [0.717, 1.165) is 0 Å². The molecule has 176 valence electrons. The summed E-state index contributed by atoms with van der Waals surface area (Å²) in [5.74, 6) is 2.90. The Balaban J connectivity index is 1.52. The number of rotatable bonds is 18. The molecule has 0 spiro atoms. The number of thiophene rings is 2. The van der Waals surface area contributed by atoms with Crippen LogP contribution in [-0.2, 0) is 0 Å². The van der Waals surface area contributed by atoms with Gasteiger partial charge in [-0.25, -0.2) is 0 Å². The van der Waals surface area contributed by atoms with Gasteiger partial charge in [-0.05, 0) is 47.2 Å². The third-order valence-electron chi connectivity index (χ3n) is 7.00. The van der Waals surface area contributed by atoms with E-state index in [-0.39, 0.29) is 0 Å². The lowest BCUT2D eigenvalue weighted by Crippen LogP contribution is -2.09. The van der Waals surface area contributed by atoms with Gasteiger partial charge in [0.15, 0.2) is 0 Å². The fourth-order valence-corrected chi connectivity index (χ4v) is 12.8. The highest BCUT2D eigenvalue weighted by molar-refractivity contribution is 8.34. The number of unbranched alkanes of at least 4 members (excludes halogenated alkanes) is 14. The van der Waals surface area contributed by atoms with E-state index in [9.17, 15) is 0 Å². The Morgan fingerprint density at radius 3 is 1.26 bits per heavy atom. The Morgan fingerprint density at radius 2 is 0.871 bits per heavy atom. The van der Waals surface area contributed by atoms with Crippen molar-refractivity contribution in [3.63, 3.8) is 0 Å². The number of fused-ring (bicyclic) bond motifs is 3. The van der Waals surface area contributed by atoms with Gasteiger partial charge in [0.05, 0.1) is 9.75 Å². The van der Waals surface area contributed by atoms with Crippen LogP contribution in [-0.4, -0.2) is 11.5 Å². The van der Waals surface area contributed by atoms with Crippen LogP contribution in [0, 0.1) is 0 Å². The zero-order valence-electron chi connectivity index (χ0n) is 20.3. The van der Waals surface area contributed by atoms with E-state index in [0.29, 0.717) is 0 Å². The summed E-state index contributed by atoms with van der Waals surface area (Å²) >= 11 is 4.01. The van der Waals surface area contributed by atoms with Gasteiger partial charge in [0.25, 0.3) is 0 Å². The highest BCUT2D eigenvalue weighted by atomic mass is 32.3. The van der Waals surface area contributed by atoms with Crippen LogP contribution in [0.5, 0.6) is 0 Å². The summed E-state index contributed by atoms with van der Waals surface area (Å²) in [7, 11) is -0.775. The van der Waals surface area contributed by atoms with Crippen molar-refractivity contribution < 1.29 is 0 Å². The average Bonchev–Trinajstić information content (AvgIpc) is 3.49. The summed E-state index contributed by atoms with van der Waals surface area (Å²) in [6, 6.07) is 5.02. The zero-order chi connectivity index (χ0) is 21.8. The number of hydrogen-bond donors (Lipinski definition) is 0. The molecule has 3 heteroatoms. The van der Waals surface area contributed by atoms with Crippen molar-refractivity contribution in [1.29, 1.82) is 0 Å². The maximum atomic E-state index is 2.51. The number of hydrogen-bond acceptors (Lipinski definition) is 2. The molecular formula is C28H46S3. The van der Waals surface area contributed by atoms with E-state index in [1.54, 1.807) is 19.5 Å². The molecule has 0 bridgehead atoms. The van der Waals surface area contributed by atoms with Crippen LogP contribution in [0.4, 0.5) is 0 Å². The second kappa shape index (κ2) is 14.1. The van der Waals surface area contributed by atoms with Crippen LogP contribution in [0.2, 0.25) is 0 Å². The molecule has 3 heterocycles. The molecule has 0 aliphatic carbocycles. The molecule has 0 radical (unpaired) electrons. The van der Waals surface area contributed by atoms with Crippen molar-refractivity contribution in [2.75, 3.05) is 11.5 Å². The minimum absolute atomic E-state index is 0.775. The second-order valence-electron chi connectivity index (χ2n) is 9.47. The molecule has 3 rings (SSSR count). The van der Waals surface area contributed by atoms with Crippen molar-refractivity contribution in [2.45, 2.75) is 126 Å². The van der Waals surface area contributed by atoms with Crippen LogP contribution in [0.15, 0.2) is 32.7 Å². The first-order chi connectivity index (χ1) is 15.3. The monoisotopic (exact) mass is 478 g/mol. The van der Waals surface area contributed by atoms with Gasteiger partial charge >= 0.3 is 0 Å². The summed E-state index contributed by atoms with van der Waals surface area (Å²) in [5.41, 5.74) is 0. The molecule has 0 saturated carbocycles. The first kappa shape index (κ1) is 25.4. The molecule has 31 heavy (non-hydrogen) atoms. The normalized spacial score (nSPS) is 15.2. The molecule has 0 N–H and O–H groups in total. The van der Waals surface area contributed by atoms with Crippen LogP contribution >= 0.6 is 32.7 Å². The first-order valence-electron chi connectivity index (χ1n) is 13.3. The molecule has 0 nitrogen and oxygen atoms in total. The van der Waals surface area contributed by atoms with Gasteiger partial charge in [0.1, 0.15) is 0 Å². The topological polar surface area (TPSA) is 0 Å². The van der Waals surface area contributed by atoms with Gasteiger partial charge in [0, 0.05) is 9.79 Å². The highest BCUT2D eigenvalue weighted by Gasteiger charge is 2.39. The van der Waals surface area contributed by atoms with Crippen molar-refractivity contribution in [3.8, 4) is 9.75 Å². The molecule has 0 atom stereocenters. The van der Waals surface area contributed by atoms with E-state index in [4.69, 9.17) is 0 Å². The SMILES string of the molecule is CCCCCCCCCCS1(CCCCCCCCCC)c2ccsc2-c2sccc21. The summed E-state index contributed by atoms with van der Waals surface area (Å²) < 4.78 is 0. The molecule has 0 saturated heterocycles. The standard InChI is InChI=1S/C28H46S3/c1-3-5-7-9-11-13-15-17-23-31(24-18-16-14-12-10-8-6-4-2)25-19-21-29-27(25)28-26(31)20-22-30-28/h19-22H,3-18,23-24H2,1-2H3. The predicted molar refractivity (Wildman–Crippen MR) is 147 cm³/mol. The molecule has 0 amide bonds. The van der Waals surface area contributed by atoms with E-state index in [1.165, 1.54) is 114 Å². The molecule has 0 unspecified atom stereocenters. The Kier molecular flexibility index (Phi) is 11.5. The summed E-state index contributed by atoms with van der Waals surface area (Å²) in [6.45, 7) is 4.63. The van der Waals surface area contributed by atoms with Gasteiger partial charge in [-0.1, -0.05) is 104 Å². The van der Waals surface area contributed by atoms with Gasteiger partial charge in [0.2, 0.25) is 0 Å². The minimum atomic E-state index is -0.775. The second-order valence-corrected chi connectivity index (χ2v) is 14.8. The lowest BCUT2D eigenvalue weighted by atomic mass is 10.1. The third-order valence-corrected chi connectivity index (χ3v) is 13.6. The predicted octanol–water partition coefficient (Wildman–Crippen LogP) is 11.3. The fourth-order valence-electron chi connectivity index (χ4n) is 5.17. The molecule has 2 aromatic heterocycles. The third kappa shape index (κ3) is 6.87. The van der Waals surface area contributed by atoms with Gasteiger partial charge in [-0.2, -0.15) is 10.0 Å². The van der Waals surface area contributed by atoms with Crippen molar-refractivity contribution >= 4 is 32.7 Å². The van der Waals surface area contributed by atoms with Gasteiger partial charge < -0.3 is 0 Å². The summed E-state index contributed by atoms with van der Waals surface area (Å²) in [6.07, 6.45) is 22.9. The average molecular weight is 479 g/mol. The Bertz CT molecular complexity index is 664. The zero-order valence-corrected chi connectivity index (χ0v) is 22.7. The lowest BCUT2D eigenvalue weighted by molar-refractivity contribution is 0.583. The first-order valence-corrected chi connectivity index (χ1v) is 17.0. The Morgan fingerprint density at radius 1 is 0.516 bits per heavy atom. The van der Waals surface area contributed by atoms with Crippen LogP contribution in [0.1, 0.15) is 117 Å². The van der Waals surface area contributed by atoms with Crippen LogP contribution < -0.4 is 0 Å². The Labute approximate surface area is 202 Å². The maximum absolute atomic E-state index is 2.51. The van der Waals surface area contributed by atoms with Crippen molar-refractivity contribution in [1.82, 2.24) is 0 Å². The summed E-state index contributed by atoms with van der Waals surface area (Å²) in [4.78, 5) is 6.81. The van der Waals surface area contributed by atoms with E-state index in [1.807, 2.05) is 22.7 Å². The minimum Gasteiger partial charge on any atom is -0.185 e. The van der Waals surface area contributed by atoms with Crippen LogP contribution in [0.3, 0.4) is 0 Å². The van der Waals surface area contributed by atoms with Gasteiger partial charge in [-0.15, -0.1) is 22.7 Å². The summed E-state index contributed by atoms with van der Waals surface area (Å²) in [5, 5.41) is 4.74. The van der Waals surface area contributed by atoms with Crippen molar-refractivity contribution in [2.24, 2.45) is 0 Å². The van der Waals surface area contributed by atoms with Crippen molar-refractivity contribution in [3.05, 3.63) is 22.9 Å². The van der Waals surface area contributed by atoms with Crippen LogP contribution in [0.25, 0.3) is 9.75 Å². The molecular weight excluding hydrogens is 433 g/mol. The largest absolute Gasteiger partial charge is 0.185 e. The van der Waals surface area contributed by atoms with E-state index < -0.39 is 10.0 Å². The smallest absolute Gasteiger partial charge is 0.0577 e. The maximum Gasteiger partial charge on any atom is 0.0577 e.